The molecule has 3 heteroatoms. The van der Waals surface area contributed by atoms with Gasteiger partial charge in [-0.25, -0.2) is 0 Å². The molecule has 19 heavy (non-hydrogen) atoms. The van der Waals surface area contributed by atoms with Gasteiger partial charge in [0.25, 0.3) is 0 Å². The summed E-state index contributed by atoms with van der Waals surface area (Å²) < 4.78 is 5.66. The van der Waals surface area contributed by atoms with Crippen molar-refractivity contribution in [3.63, 3.8) is 0 Å². The summed E-state index contributed by atoms with van der Waals surface area (Å²) in [5.74, 6) is 1.41. The molecule has 0 heterocycles. The van der Waals surface area contributed by atoms with Gasteiger partial charge in [-0.1, -0.05) is 31.5 Å². The van der Waals surface area contributed by atoms with Crippen LogP contribution in [-0.4, -0.2) is 30.4 Å². The summed E-state index contributed by atoms with van der Waals surface area (Å²) >= 11 is 0. The van der Waals surface area contributed by atoms with Crippen molar-refractivity contribution < 1.29 is 9.84 Å². The van der Waals surface area contributed by atoms with E-state index < -0.39 is 6.10 Å². The first-order valence-corrected chi connectivity index (χ1v) is 7.01. The zero-order chi connectivity index (χ0) is 14.4. The fourth-order valence-corrected chi connectivity index (χ4v) is 1.76. The first kappa shape index (κ1) is 16.0. The highest BCUT2D eigenvalue weighted by molar-refractivity contribution is 5.35. The van der Waals surface area contributed by atoms with E-state index in [0.717, 1.165) is 11.3 Å². The van der Waals surface area contributed by atoms with Crippen molar-refractivity contribution >= 4 is 0 Å². The van der Waals surface area contributed by atoms with Crippen molar-refractivity contribution in [2.24, 2.45) is 5.92 Å². The van der Waals surface area contributed by atoms with Gasteiger partial charge in [0.1, 0.15) is 18.5 Å². The fraction of sp³-hybridized carbons (Fsp3) is 0.625. The van der Waals surface area contributed by atoms with E-state index in [1.165, 1.54) is 5.56 Å². The quantitative estimate of drug-likeness (QED) is 0.796. The summed E-state index contributed by atoms with van der Waals surface area (Å²) in [4.78, 5) is 0. The summed E-state index contributed by atoms with van der Waals surface area (Å²) in [6, 6.07) is 6.46. The minimum absolute atomic E-state index is 0.321. The van der Waals surface area contributed by atoms with Crippen LogP contribution in [0.5, 0.6) is 5.75 Å². The molecule has 0 saturated heterocycles. The minimum atomic E-state index is -0.484. The molecule has 1 aromatic rings. The van der Waals surface area contributed by atoms with Crippen molar-refractivity contribution in [3.8, 4) is 5.75 Å². The molecule has 2 atom stereocenters. The van der Waals surface area contributed by atoms with E-state index in [1.807, 2.05) is 19.1 Å². The average Bonchev–Trinajstić information content (AvgIpc) is 2.34. The van der Waals surface area contributed by atoms with Crippen LogP contribution in [-0.2, 0) is 0 Å². The maximum atomic E-state index is 9.90. The van der Waals surface area contributed by atoms with Gasteiger partial charge in [-0.2, -0.15) is 0 Å². The highest BCUT2D eigenvalue weighted by atomic mass is 16.5. The van der Waals surface area contributed by atoms with E-state index in [-0.39, 0.29) is 0 Å². The van der Waals surface area contributed by atoms with Crippen LogP contribution < -0.4 is 10.1 Å². The SMILES string of the molecule is Cc1ccc(OCC(O)CNC(C)C(C)C)c(C)c1. The second-order valence-corrected chi connectivity index (χ2v) is 5.67. The zero-order valence-corrected chi connectivity index (χ0v) is 12.7. The zero-order valence-electron chi connectivity index (χ0n) is 12.7. The Kier molecular flexibility index (Phi) is 6.32. The molecule has 0 bridgehead atoms. The van der Waals surface area contributed by atoms with Gasteiger partial charge >= 0.3 is 0 Å². The molecule has 0 radical (unpaired) electrons. The molecule has 1 aromatic carbocycles. The molecule has 0 spiro atoms. The Labute approximate surface area is 117 Å². The van der Waals surface area contributed by atoms with Crippen LogP contribution in [0.4, 0.5) is 0 Å². The van der Waals surface area contributed by atoms with E-state index in [2.05, 4.69) is 39.1 Å². The van der Waals surface area contributed by atoms with Gasteiger partial charge in [0.05, 0.1) is 0 Å². The molecule has 2 unspecified atom stereocenters. The lowest BCUT2D eigenvalue weighted by Gasteiger charge is -2.20. The number of hydrogen-bond acceptors (Lipinski definition) is 3. The Hall–Kier alpha value is -1.06. The minimum Gasteiger partial charge on any atom is -0.491 e. The molecule has 2 N–H and O–H groups in total. The predicted molar refractivity (Wildman–Crippen MR) is 79.7 cm³/mol. The van der Waals surface area contributed by atoms with Gasteiger partial charge in [-0.15, -0.1) is 0 Å². The smallest absolute Gasteiger partial charge is 0.122 e. The normalized spacial score (nSPS) is 14.5. The second kappa shape index (κ2) is 7.51. The van der Waals surface area contributed by atoms with Crippen LogP contribution in [0, 0.1) is 19.8 Å². The second-order valence-electron chi connectivity index (χ2n) is 5.67. The maximum Gasteiger partial charge on any atom is 0.122 e. The van der Waals surface area contributed by atoms with Crippen LogP contribution in [0.3, 0.4) is 0 Å². The van der Waals surface area contributed by atoms with Gasteiger partial charge in [0.2, 0.25) is 0 Å². The summed E-state index contributed by atoms with van der Waals surface area (Å²) in [5.41, 5.74) is 2.33. The third kappa shape index (κ3) is 5.62. The Balaban J connectivity index is 2.35. The number of nitrogens with one attached hydrogen (secondary N) is 1. The van der Waals surface area contributed by atoms with E-state index in [0.29, 0.717) is 25.1 Å². The fourth-order valence-electron chi connectivity index (χ4n) is 1.76. The van der Waals surface area contributed by atoms with E-state index in [9.17, 15) is 5.11 Å². The molecule has 0 fully saturated rings. The lowest BCUT2D eigenvalue weighted by Crippen LogP contribution is -2.39. The highest BCUT2D eigenvalue weighted by Gasteiger charge is 2.10. The molecule has 0 amide bonds. The predicted octanol–water partition coefficient (Wildman–Crippen LogP) is 2.68. The number of hydrogen-bond donors (Lipinski definition) is 2. The molecular weight excluding hydrogens is 238 g/mol. The molecule has 0 aliphatic heterocycles. The molecule has 3 nitrogen and oxygen atoms in total. The van der Waals surface area contributed by atoms with Crippen LogP contribution in [0.1, 0.15) is 31.9 Å². The third-order valence-electron chi connectivity index (χ3n) is 3.44. The number of aryl methyl sites for hydroxylation is 2. The average molecular weight is 265 g/mol. The molecule has 1 rings (SSSR count). The number of benzene rings is 1. The highest BCUT2D eigenvalue weighted by Crippen LogP contribution is 2.18. The summed E-state index contributed by atoms with van der Waals surface area (Å²) in [6.07, 6.45) is -0.484. The van der Waals surface area contributed by atoms with Crippen molar-refractivity contribution in [2.45, 2.75) is 46.8 Å². The maximum absolute atomic E-state index is 9.90. The lowest BCUT2D eigenvalue weighted by molar-refractivity contribution is 0.102. The van der Waals surface area contributed by atoms with Gasteiger partial charge in [0, 0.05) is 12.6 Å². The summed E-state index contributed by atoms with van der Waals surface area (Å²) in [6.45, 7) is 11.4. The largest absolute Gasteiger partial charge is 0.491 e. The number of aliphatic hydroxyl groups is 1. The Bertz CT molecular complexity index is 390. The molecule has 0 aromatic heterocycles. The van der Waals surface area contributed by atoms with Gasteiger partial charge in [0.15, 0.2) is 0 Å². The summed E-state index contributed by atoms with van der Waals surface area (Å²) in [5, 5.41) is 13.2. The molecule has 0 aliphatic carbocycles. The van der Waals surface area contributed by atoms with Crippen LogP contribution in [0.15, 0.2) is 18.2 Å². The van der Waals surface area contributed by atoms with Gasteiger partial charge in [-0.05, 0) is 38.3 Å². The van der Waals surface area contributed by atoms with Crippen molar-refractivity contribution in [1.82, 2.24) is 5.32 Å². The molecule has 0 aliphatic rings. The molecule has 108 valence electrons. The number of aliphatic hydroxyl groups excluding tert-OH is 1. The summed E-state index contributed by atoms with van der Waals surface area (Å²) in [7, 11) is 0. The van der Waals surface area contributed by atoms with Crippen molar-refractivity contribution in [2.75, 3.05) is 13.2 Å². The van der Waals surface area contributed by atoms with Crippen LogP contribution in [0.2, 0.25) is 0 Å². The van der Waals surface area contributed by atoms with E-state index in [1.54, 1.807) is 0 Å². The van der Waals surface area contributed by atoms with Crippen LogP contribution in [0.25, 0.3) is 0 Å². The standard InChI is InChI=1S/C16H27NO2/c1-11(2)14(5)17-9-15(18)10-19-16-7-6-12(3)8-13(16)4/h6-8,11,14-15,17-18H,9-10H2,1-5H3. The van der Waals surface area contributed by atoms with Gasteiger partial charge < -0.3 is 15.2 Å². The first-order valence-electron chi connectivity index (χ1n) is 7.01. The first-order chi connectivity index (χ1) is 8.90. The molecule has 0 saturated carbocycles. The number of ether oxygens (including phenoxy) is 1. The topological polar surface area (TPSA) is 41.5 Å². The van der Waals surface area contributed by atoms with E-state index in [4.69, 9.17) is 4.74 Å². The Morgan fingerprint density at radius 3 is 2.47 bits per heavy atom. The third-order valence-corrected chi connectivity index (χ3v) is 3.44. The Morgan fingerprint density at radius 2 is 1.89 bits per heavy atom. The van der Waals surface area contributed by atoms with Crippen molar-refractivity contribution in [3.05, 3.63) is 29.3 Å². The van der Waals surface area contributed by atoms with Gasteiger partial charge in [-0.3, -0.25) is 0 Å². The lowest BCUT2D eigenvalue weighted by atomic mass is 10.1. The monoisotopic (exact) mass is 265 g/mol. The number of rotatable bonds is 7. The van der Waals surface area contributed by atoms with Crippen molar-refractivity contribution in [1.29, 1.82) is 0 Å². The Morgan fingerprint density at radius 1 is 1.21 bits per heavy atom. The van der Waals surface area contributed by atoms with Crippen LogP contribution >= 0.6 is 0 Å². The van der Waals surface area contributed by atoms with E-state index >= 15 is 0 Å². The molecular formula is C16H27NO2.